The van der Waals surface area contributed by atoms with Crippen LogP contribution in [0.2, 0.25) is 19.6 Å². The molecule has 0 saturated heterocycles. The summed E-state index contributed by atoms with van der Waals surface area (Å²) in [4.78, 5) is 15.3. The minimum absolute atomic E-state index is 0.122. The molecule has 0 N–H and O–H groups in total. The van der Waals surface area contributed by atoms with Crippen molar-refractivity contribution < 1.29 is 0 Å². The minimum atomic E-state index is -1.35. The molecule has 0 unspecified atom stereocenters. The Morgan fingerprint density at radius 1 is 0.345 bits per heavy atom. The fourth-order valence-electron chi connectivity index (χ4n) is 7.95. The molecule has 1 aromatic heterocycles. The summed E-state index contributed by atoms with van der Waals surface area (Å²) in [5.41, 5.74) is 15.1. The van der Waals surface area contributed by atoms with E-state index in [0.29, 0.717) is 17.5 Å². The number of hydrogen-bond donors (Lipinski definition) is 0. The van der Waals surface area contributed by atoms with E-state index in [-0.39, 0.29) is 5.41 Å². The van der Waals surface area contributed by atoms with Gasteiger partial charge in [0, 0.05) is 22.1 Å². The molecular formula is C51H43N3Si. The van der Waals surface area contributed by atoms with Gasteiger partial charge in [0.1, 0.15) is 0 Å². The second-order valence-electron chi connectivity index (χ2n) is 16.2. The largest absolute Gasteiger partial charge is 0.208 e. The van der Waals surface area contributed by atoms with Crippen LogP contribution in [0.5, 0.6) is 0 Å². The van der Waals surface area contributed by atoms with Crippen LogP contribution in [0.3, 0.4) is 0 Å². The van der Waals surface area contributed by atoms with Crippen molar-refractivity contribution >= 4 is 13.3 Å². The topological polar surface area (TPSA) is 38.7 Å². The van der Waals surface area contributed by atoms with Gasteiger partial charge < -0.3 is 0 Å². The van der Waals surface area contributed by atoms with Gasteiger partial charge in [0.05, 0.1) is 8.07 Å². The first-order valence-electron chi connectivity index (χ1n) is 19.1. The maximum Gasteiger partial charge on any atom is 0.164 e. The van der Waals surface area contributed by atoms with E-state index < -0.39 is 8.07 Å². The molecule has 4 heteroatoms. The highest BCUT2D eigenvalue weighted by Gasteiger charge is 2.35. The predicted molar refractivity (Wildman–Crippen MR) is 233 cm³/mol. The summed E-state index contributed by atoms with van der Waals surface area (Å²) in [6.45, 7) is 11.8. The molecule has 1 aliphatic carbocycles. The summed E-state index contributed by atoms with van der Waals surface area (Å²) in [7, 11) is -1.35. The average Bonchev–Trinajstić information content (AvgIpc) is 3.46. The van der Waals surface area contributed by atoms with E-state index in [4.69, 9.17) is 15.0 Å². The van der Waals surface area contributed by atoms with Gasteiger partial charge in [0.2, 0.25) is 0 Å². The zero-order valence-electron chi connectivity index (χ0n) is 32.0. The van der Waals surface area contributed by atoms with Gasteiger partial charge in [-0.2, -0.15) is 0 Å². The van der Waals surface area contributed by atoms with Crippen LogP contribution in [0.4, 0.5) is 0 Å². The third-order valence-corrected chi connectivity index (χ3v) is 13.2. The molecule has 8 aromatic rings. The first-order chi connectivity index (χ1) is 26.6. The lowest BCUT2D eigenvalue weighted by Gasteiger charge is -2.21. The van der Waals surface area contributed by atoms with Crippen molar-refractivity contribution in [1.82, 2.24) is 15.0 Å². The zero-order chi connectivity index (χ0) is 37.7. The van der Waals surface area contributed by atoms with Gasteiger partial charge in [-0.1, -0.05) is 184 Å². The van der Waals surface area contributed by atoms with E-state index >= 15 is 0 Å². The molecule has 0 radical (unpaired) electrons. The van der Waals surface area contributed by atoms with Gasteiger partial charge >= 0.3 is 0 Å². The summed E-state index contributed by atoms with van der Waals surface area (Å²) in [6, 6.07) is 61.0. The standard InChI is InChI=1S/C51H43N3Si/c1-51(2)46-23-10-9-22-44(46)45-29-26-42(33-47(45)51)50-53-48(35-14-7-6-8-15-35)52-49(54-50)41-21-13-20-40(32-41)39-19-12-18-38(31-39)37-17-11-16-36(30-37)34-24-27-43(28-25-34)55(3,4)5/h6-33H,1-5H3. The van der Waals surface area contributed by atoms with Crippen LogP contribution in [-0.2, 0) is 5.41 Å². The van der Waals surface area contributed by atoms with Crippen LogP contribution in [0.25, 0.3) is 78.7 Å². The van der Waals surface area contributed by atoms with Gasteiger partial charge in [-0.15, -0.1) is 0 Å². The maximum atomic E-state index is 5.16. The highest BCUT2D eigenvalue weighted by molar-refractivity contribution is 6.88. The van der Waals surface area contributed by atoms with Gasteiger partial charge in [0.25, 0.3) is 0 Å². The van der Waals surface area contributed by atoms with Crippen molar-refractivity contribution in [3.63, 3.8) is 0 Å². The van der Waals surface area contributed by atoms with E-state index in [1.165, 1.54) is 49.7 Å². The number of benzene rings is 7. The Bertz CT molecular complexity index is 2710. The molecule has 1 heterocycles. The van der Waals surface area contributed by atoms with Gasteiger partial charge in [-0.25, -0.2) is 15.0 Å². The van der Waals surface area contributed by atoms with Crippen LogP contribution < -0.4 is 5.19 Å². The lowest BCUT2D eigenvalue weighted by Crippen LogP contribution is -2.37. The second-order valence-corrected chi connectivity index (χ2v) is 21.3. The van der Waals surface area contributed by atoms with E-state index in [9.17, 15) is 0 Å². The van der Waals surface area contributed by atoms with Crippen LogP contribution in [0, 0.1) is 0 Å². The number of fused-ring (bicyclic) bond motifs is 3. The smallest absolute Gasteiger partial charge is 0.164 e. The molecule has 55 heavy (non-hydrogen) atoms. The molecule has 0 bridgehead atoms. The number of aromatic nitrogens is 3. The predicted octanol–water partition coefficient (Wildman–Crippen LogP) is 12.7. The Morgan fingerprint density at radius 3 is 1.35 bits per heavy atom. The molecular weight excluding hydrogens is 683 g/mol. The van der Waals surface area contributed by atoms with Gasteiger partial charge in [0.15, 0.2) is 17.5 Å². The monoisotopic (exact) mass is 725 g/mol. The van der Waals surface area contributed by atoms with Crippen LogP contribution in [0.15, 0.2) is 170 Å². The van der Waals surface area contributed by atoms with Crippen molar-refractivity contribution in [2.75, 3.05) is 0 Å². The lowest BCUT2D eigenvalue weighted by molar-refractivity contribution is 0.660. The Kier molecular flexibility index (Phi) is 8.51. The second kappa shape index (κ2) is 13.6. The molecule has 0 saturated carbocycles. The van der Waals surface area contributed by atoms with Crippen molar-refractivity contribution in [2.24, 2.45) is 0 Å². The maximum absolute atomic E-state index is 5.16. The summed E-state index contributed by atoms with van der Waals surface area (Å²) in [5.74, 6) is 1.98. The molecule has 3 nitrogen and oxygen atoms in total. The van der Waals surface area contributed by atoms with Crippen molar-refractivity contribution in [1.29, 1.82) is 0 Å². The Morgan fingerprint density at radius 2 is 0.764 bits per heavy atom. The van der Waals surface area contributed by atoms with Crippen LogP contribution in [-0.4, -0.2) is 23.0 Å². The summed E-state index contributed by atoms with van der Waals surface area (Å²) >= 11 is 0. The summed E-state index contributed by atoms with van der Waals surface area (Å²) in [6.07, 6.45) is 0. The third kappa shape index (κ3) is 6.53. The number of hydrogen-bond acceptors (Lipinski definition) is 3. The summed E-state index contributed by atoms with van der Waals surface area (Å²) in [5, 5.41) is 1.48. The SMILES string of the molecule is CC1(C)c2ccccc2-c2ccc(-c3nc(-c4ccccc4)nc(-c4cccc(-c5cccc(-c6cccc(-c7ccc([Si](C)(C)C)cc7)c6)c5)c4)n3)cc21. The lowest BCUT2D eigenvalue weighted by atomic mass is 9.82. The van der Waals surface area contributed by atoms with Gasteiger partial charge in [-0.3, -0.25) is 0 Å². The van der Waals surface area contributed by atoms with Crippen LogP contribution in [0.1, 0.15) is 25.0 Å². The molecule has 0 spiro atoms. The molecule has 0 aliphatic heterocycles. The molecule has 0 fully saturated rings. The Hall–Kier alpha value is -6.23. The molecule has 266 valence electrons. The first-order valence-corrected chi connectivity index (χ1v) is 22.6. The van der Waals surface area contributed by atoms with Crippen molar-refractivity contribution in [3.05, 3.63) is 181 Å². The average molecular weight is 726 g/mol. The van der Waals surface area contributed by atoms with E-state index in [0.717, 1.165) is 27.8 Å². The normalized spacial score (nSPS) is 13.0. The van der Waals surface area contributed by atoms with E-state index in [1.54, 1.807) is 0 Å². The molecule has 1 aliphatic rings. The Balaban J connectivity index is 1.08. The van der Waals surface area contributed by atoms with E-state index in [1.807, 2.05) is 18.2 Å². The fourth-order valence-corrected chi connectivity index (χ4v) is 9.12. The number of rotatable bonds is 7. The Labute approximate surface area is 325 Å². The molecule has 9 rings (SSSR count). The van der Waals surface area contributed by atoms with E-state index in [2.05, 4.69) is 185 Å². The molecule has 0 amide bonds. The third-order valence-electron chi connectivity index (χ3n) is 11.1. The fraction of sp³-hybridized carbons (Fsp3) is 0.118. The van der Waals surface area contributed by atoms with Crippen molar-refractivity contribution in [3.8, 4) is 78.7 Å². The quantitative estimate of drug-likeness (QED) is 0.154. The zero-order valence-corrected chi connectivity index (χ0v) is 33.0. The van der Waals surface area contributed by atoms with Gasteiger partial charge in [-0.05, 0) is 79.9 Å². The van der Waals surface area contributed by atoms with Crippen LogP contribution >= 0.6 is 0 Å². The first kappa shape index (κ1) is 34.5. The minimum Gasteiger partial charge on any atom is -0.208 e. The number of nitrogens with zero attached hydrogens (tertiary/aromatic N) is 3. The molecule has 7 aromatic carbocycles. The van der Waals surface area contributed by atoms with Crippen molar-refractivity contribution in [2.45, 2.75) is 38.9 Å². The highest BCUT2D eigenvalue weighted by Crippen LogP contribution is 2.49. The summed E-state index contributed by atoms with van der Waals surface area (Å²) < 4.78 is 0. The highest BCUT2D eigenvalue weighted by atomic mass is 28.3. The molecule has 0 atom stereocenters.